The summed E-state index contributed by atoms with van der Waals surface area (Å²) in [5, 5.41) is 0. The molecule has 2 rings (SSSR count). The van der Waals surface area contributed by atoms with Gasteiger partial charge in [-0.25, -0.2) is 0 Å². The number of carbonyl (C=O) groups is 2. The zero-order valence-electron chi connectivity index (χ0n) is 13.3. The third kappa shape index (κ3) is 4.41. The highest BCUT2D eigenvalue weighted by Gasteiger charge is 2.30. The van der Waals surface area contributed by atoms with Crippen LogP contribution in [0.4, 0.5) is 0 Å². The van der Waals surface area contributed by atoms with Gasteiger partial charge in [0.05, 0.1) is 0 Å². The van der Waals surface area contributed by atoms with E-state index in [-0.39, 0.29) is 11.7 Å². The monoisotopic (exact) mass is 302 g/mol. The molecular weight excluding hydrogens is 276 g/mol. The van der Waals surface area contributed by atoms with E-state index in [0.29, 0.717) is 31.2 Å². The van der Waals surface area contributed by atoms with Gasteiger partial charge in [-0.1, -0.05) is 37.3 Å². The largest absolute Gasteiger partial charge is 0.342 e. The van der Waals surface area contributed by atoms with E-state index >= 15 is 0 Å². The van der Waals surface area contributed by atoms with Crippen LogP contribution in [-0.4, -0.2) is 36.2 Å². The van der Waals surface area contributed by atoms with Crippen LogP contribution in [0.5, 0.6) is 0 Å². The Kier molecular flexibility index (Phi) is 6.13. The Bertz CT molecular complexity index is 501. The molecule has 1 aromatic carbocycles. The van der Waals surface area contributed by atoms with Gasteiger partial charge in [0.25, 0.3) is 0 Å². The van der Waals surface area contributed by atoms with Crippen LogP contribution in [0.3, 0.4) is 0 Å². The molecule has 0 unspecified atom stereocenters. The predicted octanol–water partition coefficient (Wildman–Crippen LogP) is 2.48. The lowest BCUT2D eigenvalue weighted by Crippen LogP contribution is -2.29. The first-order chi connectivity index (χ1) is 10.6. The fourth-order valence-electron chi connectivity index (χ4n) is 3.03. The van der Waals surface area contributed by atoms with Gasteiger partial charge < -0.3 is 10.6 Å². The number of unbranched alkanes of at least 4 members (excludes halogenated alkanes) is 1. The van der Waals surface area contributed by atoms with Crippen molar-refractivity contribution in [2.24, 2.45) is 17.6 Å². The second-order valence-electron chi connectivity index (χ2n) is 6.27. The Morgan fingerprint density at radius 3 is 2.45 bits per heavy atom. The first kappa shape index (κ1) is 16.7. The van der Waals surface area contributed by atoms with E-state index in [4.69, 9.17) is 5.73 Å². The molecular formula is C18H26N2O2. The molecule has 22 heavy (non-hydrogen) atoms. The Hall–Kier alpha value is -1.68. The van der Waals surface area contributed by atoms with Crippen LogP contribution >= 0.6 is 0 Å². The summed E-state index contributed by atoms with van der Waals surface area (Å²) in [5.74, 6) is 1.29. The maximum atomic E-state index is 12.2. The predicted molar refractivity (Wildman–Crippen MR) is 87.5 cm³/mol. The number of amides is 1. The molecule has 0 aliphatic carbocycles. The number of nitrogens with two attached hydrogens (primary N) is 1. The molecule has 2 atom stereocenters. The molecule has 1 amide bonds. The van der Waals surface area contributed by atoms with Crippen molar-refractivity contribution in [2.75, 3.05) is 19.6 Å². The van der Waals surface area contributed by atoms with Crippen LogP contribution in [0.25, 0.3) is 0 Å². The van der Waals surface area contributed by atoms with E-state index in [2.05, 4.69) is 6.92 Å². The lowest BCUT2D eigenvalue weighted by molar-refractivity contribution is -0.130. The summed E-state index contributed by atoms with van der Waals surface area (Å²) in [6.07, 6.45) is 2.59. The molecule has 4 nitrogen and oxygen atoms in total. The molecule has 1 aliphatic heterocycles. The SMILES string of the molecule is C[C@@H]1CN(C(=O)CCCCC(=O)c2ccccc2)C[C@H]1CN. The highest BCUT2D eigenvalue weighted by Crippen LogP contribution is 2.22. The summed E-state index contributed by atoms with van der Waals surface area (Å²) >= 11 is 0. The third-order valence-electron chi connectivity index (χ3n) is 4.56. The summed E-state index contributed by atoms with van der Waals surface area (Å²) in [5.41, 5.74) is 6.48. The van der Waals surface area contributed by atoms with Crippen molar-refractivity contribution in [3.63, 3.8) is 0 Å². The minimum atomic E-state index is 0.158. The molecule has 0 saturated carbocycles. The van der Waals surface area contributed by atoms with Gasteiger partial charge in [-0.05, 0) is 31.2 Å². The molecule has 120 valence electrons. The van der Waals surface area contributed by atoms with Gasteiger partial charge in [0.15, 0.2) is 5.78 Å². The first-order valence-electron chi connectivity index (χ1n) is 8.18. The Morgan fingerprint density at radius 2 is 1.82 bits per heavy atom. The normalized spacial score (nSPS) is 21.1. The standard InChI is InChI=1S/C18H26N2O2/c1-14-12-20(13-16(14)11-19)18(22)10-6-5-9-17(21)15-7-3-2-4-8-15/h2-4,7-8,14,16H,5-6,9-13,19H2,1H3/t14-,16-/m1/s1. The molecule has 0 spiro atoms. The Morgan fingerprint density at radius 1 is 1.14 bits per heavy atom. The topological polar surface area (TPSA) is 63.4 Å². The molecule has 4 heteroatoms. The second-order valence-corrected chi connectivity index (χ2v) is 6.27. The van der Waals surface area contributed by atoms with Crippen molar-refractivity contribution in [1.29, 1.82) is 0 Å². The van der Waals surface area contributed by atoms with E-state index in [9.17, 15) is 9.59 Å². The van der Waals surface area contributed by atoms with Gasteiger partial charge in [-0.15, -0.1) is 0 Å². The average molecular weight is 302 g/mol. The second kappa shape index (κ2) is 8.08. The van der Waals surface area contributed by atoms with E-state index in [1.807, 2.05) is 35.2 Å². The molecule has 0 bridgehead atoms. The van der Waals surface area contributed by atoms with Crippen molar-refractivity contribution >= 4 is 11.7 Å². The molecule has 1 saturated heterocycles. The Labute approximate surface area is 132 Å². The molecule has 2 N–H and O–H groups in total. The van der Waals surface area contributed by atoms with E-state index in [1.165, 1.54) is 0 Å². The van der Waals surface area contributed by atoms with Gasteiger partial charge in [-0.3, -0.25) is 9.59 Å². The smallest absolute Gasteiger partial charge is 0.222 e. The van der Waals surface area contributed by atoms with E-state index < -0.39 is 0 Å². The van der Waals surface area contributed by atoms with Gasteiger partial charge >= 0.3 is 0 Å². The lowest BCUT2D eigenvalue weighted by Gasteiger charge is -2.16. The minimum absolute atomic E-state index is 0.158. The molecule has 1 aromatic rings. The van der Waals surface area contributed by atoms with Crippen molar-refractivity contribution in [1.82, 2.24) is 4.90 Å². The van der Waals surface area contributed by atoms with Crippen molar-refractivity contribution in [3.05, 3.63) is 35.9 Å². The van der Waals surface area contributed by atoms with Crippen LogP contribution in [0.2, 0.25) is 0 Å². The maximum Gasteiger partial charge on any atom is 0.222 e. The number of likely N-dealkylation sites (tertiary alicyclic amines) is 1. The fourth-order valence-corrected chi connectivity index (χ4v) is 3.03. The number of benzene rings is 1. The van der Waals surface area contributed by atoms with Crippen molar-refractivity contribution < 1.29 is 9.59 Å². The summed E-state index contributed by atoms with van der Waals surface area (Å²) < 4.78 is 0. The number of rotatable bonds is 7. The number of ketones is 1. The molecule has 1 aliphatic rings. The van der Waals surface area contributed by atoms with Gasteiger partial charge in [-0.2, -0.15) is 0 Å². The number of nitrogens with zero attached hydrogens (tertiary/aromatic N) is 1. The summed E-state index contributed by atoms with van der Waals surface area (Å²) in [4.78, 5) is 26.1. The number of hydrogen-bond donors (Lipinski definition) is 1. The van der Waals surface area contributed by atoms with Gasteiger partial charge in [0.1, 0.15) is 0 Å². The molecule has 0 radical (unpaired) electrons. The summed E-state index contributed by atoms with van der Waals surface area (Å²) in [6.45, 7) is 4.42. The minimum Gasteiger partial charge on any atom is -0.342 e. The zero-order valence-corrected chi connectivity index (χ0v) is 13.3. The van der Waals surface area contributed by atoms with Crippen LogP contribution in [0.15, 0.2) is 30.3 Å². The lowest BCUT2D eigenvalue weighted by atomic mass is 9.99. The number of Topliss-reactive ketones (excluding diaryl/α,β-unsaturated/α-hetero) is 1. The fraction of sp³-hybridized carbons (Fsp3) is 0.556. The zero-order chi connectivity index (χ0) is 15.9. The Balaban J connectivity index is 1.67. The number of carbonyl (C=O) groups excluding carboxylic acids is 2. The third-order valence-corrected chi connectivity index (χ3v) is 4.56. The average Bonchev–Trinajstić information content (AvgIpc) is 2.93. The van der Waals surface area contributed by atoms with Crippen molar-refractivity contribution in [3.8, 4) is 0 Å². The van der Waals surface area contributed by atoms with Gasteiger partial charge in [0, 0.05) is 31.5 Å². The summed E-state index contributed by atoms with van der Waals surface area (Å²) in [6, 6.07) is 9.33. The van der Waals surface area contributed by atoms with E-state index in [1.54, 1.807) is 0 Å². The van der Waals surface area contributed by atoms with Crippen LogP contribution in [-0.2, 0) is 4.79 Å². The highest BCUT2D eigenvalue weighted by atomic mass is 16.2. The van der Waals surface area contributed by atoms with Crippen LogP contribution in [0, 0.1) is 11.8 Å². The molecule has 1 heterocycles. The van der Waals surface area contributed by atoms with E-state index in [0.717, 1.165) is 31.5 Å². The molecule has 1 fully saturated rings. The molecule has 0 aromatic heterocycles. The van der Waals surface area contributed by atoms with Gasteiger partial charge in [0.2, 0.25) is 5.91 Å². The van der Waals surface area contributed by atoms with Crippen LogP contribution in [0.1, 0.15) is 43.0 Å². The van der Waals surface area contributed by atoms with Crippen LogP contribution < -0.4 is 5.73 Å². The quantitative estimate of drug-likeness (QED) is 0.621. The number of hydrogen-bond acceptors (Lipinski definition) is 3. The summed E-state index contributed by atoms with van der Waals surface area (Å²) in [7, 11) is 0. The maximum absolute atomic E-state index is 12.2. The first-order valence-corrected chi connectivity index (χ1v) is 8.18. The van der Waals surface area contributed by atoms with Crippen molar-refractivity contribution in [2.45, 2.75) is 32.6 Å². The highest BCUT2D eigenvalue weighted by molar-refractivity contribution is 5.95.